The van der Waals surface area contributed by atoms with Gasteiger partial charge in [-0.3, -0.25) is 4.99 Å². The molecule has 0 radical (unpaired) electrons. The second-order valence-electron chi connectivity index (χ2n) is 4.50. The molecule has 0 bridgehead atoms. The highest BCUT2D eigenvalue weighted by Gasteiger charge is 2.11. The number of nitrogens with zero attached hydrogens (tertiary/aromatic N) is 2. The van der Waals surface area contributed by atoms with Gasteiger partial charge in [-0.2, -0.15) is 0 Å². The molecule has 0 aromatic heterocycles. The van der Waals surface area contributed by atoms with Gasteiger partial charge in [-0.15, -0.1) is 24.0 Å². The van der Waals surface area contributed by atoms with Gasteiger partial charge in [-0.25, -0.2) is 4.39 Å². The van der Waals surface area contributed by atoms with E-state index in [4.69, 9.17) is 15.2 Å². The number of halogens is 2. The Balaban J connectivity index is 0.00000220. The average Bonchev–Trinajstić information content (AvgIpc) is 2.49. The van der Waals surface area contributed by atoms with Crippen molar-refractivity contribution in [3.05, 3.63) is 30.1 Å². The van der Waals surface area contributed by atoms with Gasteiger partial charge in [0.15, 0.2) is 5.96 Å². The third kappa shape index (κ3) is 6.47. The number of aliphatic imine (C=N–C) groups is 1. The van der Waals surface area contributed by atoms with Crippen molar-refractivity contribution in [2.24, 2.45) is 10.7 Å². The van der Waals surface area contributed by atoms with E-state index in [1.165, 1.54) is 12.1 Å². The lowest BCUT2D eigenvalue weighted by molar-refractivity contribution is 0.0674. The van der Waals surface area contributed by atoms with E-state index in [9.17, 15) is 4.39 Å². The van der Waals surface area contributed by atoms with Crippen LogP contribution in [-0.2, 0) is 4.74 Å². The van der Waals surface area contributed by atoms with Crippen molar-refractivity contribution in [1.29, 1.82) is 0 Å². The van der Waals surface area contributed by atoms with E-state index in [0.29, 0.717) is 38.1 Å². The van der Waals surface area contributed by atoms with Gasteiger partial charge >= 0.3 is 0 Å². The standard InChI is InChI=1S/C14H20FN3O2.HI/c15-12-2-4-13(5-3-12)20-9-1-6-17-14(16)18-7-10-19-11-8-18;/h2-5H,1,6-11H2,(H2,16,17);1H. The maximum atomic E-state index is 12.7. The topological polar surface area (TPSA) is 60.1 Å². The lowest BCUT2D eigenvalue weighted by atomic mass is 10.3. The molecule has 1 aliphatic heterocycles. The molecule has 0 saturated carbocycles. The van der Waals surface area contributed by atoms with Gasteiger partial charge < -0.3 is 20.1 Å². The molecule has 1 aromatic carbocycles. The highest BCUT2D eigenvalue weighted by molar-refractivity contribution is 14.0. The number of morpholine rings is 1. The second kappa shape index (κ2) is 9.78. The summed E-state index contributed by atoms with van der Waals surface area (Å²) in [4.78, 5) is 6.34. The van der Waals surface area contributed by atoms with Crippen molar-refractivity contribution in [3.8, 4) is 5.75 Å². The molecule has 2 N–H and O–H groups in total. The summed E-state index contributed by atoms with van der Waals surface area (Å²) < 4.78 is 23.4. The molecule has 2 rings (SSSR count). The van der Waals surface area contributed by atoms with Gasteiger partial charge in [0.05, 0.1) is 19.8 Å². The Labute approximate surface area is 141 Å². The average molecular weight is 409 g/mol. The number of hydrogen-bond donors (Lipinski definition) is 1. The van der Waals surface area contributed by atoms with Gasteiger partial charge in [-0.1, -0.05) is 0 Å². The summed E-state index contributed by atoms with van der Waals surface area (Å²) in [6.45, 7) is 4.13. The largest absolute Gasteiger partial charge is 0.494 e. The maximum absolute atomic E-state index is 12.7. The van der Waals surface area contributed by atoms with Crippen molar-refractivity contribution in [3.63, 3.8) is 0 Å². The number of rotatable bonds is 5. The Kier molecular flexibility index (Phi) is 8.36. The van der Waals surface area contributed by atoms with Crippen LogP contribution in [0, 0.1) is 5.82 Å². The predicted molar refractivity (Wildman–Crippen MR) is 90.8 cm³/mol. The molecule has 1 aliphatic rings. The minimum Gasteiger partial charge on any atom is -0.494 e. The first-order valence-electron chi connectivity index (χ1n) is 6.77. The zero-order chi connectivity index (χ0) is 14.2. The Bertz CT molecular complexity index is 436. The molecule has 0 aliphatic carbocycles. The molecule has 21 heavy (non-hydrogen) atoms. The van der Waals surface area contributed by atoms with Crippen LogP contribution in [0.3, 0.4) is 0 Å². The quantitative estimate of drug-likeness (QED) is 0.349. The number of ether oxygens (including phenoxy) is 2. The van der Waals surface area contributed by atoms with Gasteiger partial charge in [0.25, 0.3) is 0 Å². The normalized spacial score (nSPS) is 15.5. The van der Waals surface area contributed by atoms with Crippen molar-refractivity contribution in [2.75, 3.05) is 39.5 Å². The highest BCUT2D eigenvalue weighted by Crippen LogP contribution is 2.11. The Morgan fingerprint density at radius 3 is 2.62 bits per heavy atom. The van der Waals surface area contributed by atoms with E-state index in [-0.39, 0.29) is 29.8 Å². The first-order valence-corrected chi connectivity index (χ1v) is 6.77. The molecule has 0 spiro atoms. The number of hydrogen-bond acceptors (Lipinski definition) is 3. The lowest BCUT2D eigenvalue weighted by Gasteiger charge is -2.27. The van der Waals surface area contributed by atoms with Crippen LogP contribution in [-0.4, -0.2) is 50.3 Å². The number of benzene rings is 1. The molecule has 1 saturated heterocycles. The number of nitrogens with two attached hydrogens (primary N) is 1. The van der Waals surface area contributed by atoms with E-state index in [1.54, 1.807) is 12.1 Å². The summed E-state index contributed by atoms with van der Waals surface area (Å²) in [5.74, 6) is 0.965. The van der Waals surface area contributed by atoms with Gasteiger partial charge in [0, 0.05) is 26.1 Å². The third-order valence-corrected chi connectivity index (χ3v) is 2.99. The van der Waals surface area contributed by atoms with Crippen LogP contribution >= 0.6 is 24.0 Å². The van der Waals surface area contributed by atoms with Crippen molar-refractivity contribution >= 4 is 29.9 Å². The van der Waals surface area contributed by atoms with Crippen LogP contribution in [0.1, 0.15) is 6.42 Å². The van der Waals surface area contributed by atoms with E-state index in [0.717, 1.165) is 19.5 Å². The lowest BCUT2D eigenvalue weighted by Crippen LogP contribution is -2.44. The number of guanidine groups is 1. The molecular formula is C14H21FIN3O2. The fourth-order valence-corrected chi connectivity index (χ4v) is 1.87. The minimum atomic E-state index is -0.264. The summed E-state index contributed by atoms with van der Waals surface area (Å²) in [6.07, 6.45) is 0.766. The smallest absolute Gasteiger partial charge is 0.191 e. The SMILES string of the molecule is I.NC(=NCCCOc1ccc(F)cc1)N1CCOCC1. The molecule has 1 heterocycles. The Morgan fingerprint density at radius 1 is 1.29 bits per heavy atom. The van der Waals surface area contributed by atoms with E-state index < -0.39 is 0 Å². The molecule has 0 unspecified atom stereocenters. The minimum absolute atomic E-state index is 0. The third-order valence-electron chi connectivity index (χ3n) is 2.99. The van der Waals surface area contributed by atoms with Crippen LogP contribution in [0.5, 0.6) is 5.75 Å². The van der Waals surface area contributed by atoms with E-state index in [1.807, 2.05) is 4.90 Å². The Morgan fingerprint density at radius 2 is 1.95 bits per heavy atom. The summed E-state index contributed by atoms with van der Waals surface area (Å²) in [5.41, 5.74) is 5.90. The maximum Gasteiger partial charge on any atom is 0.191 e. The first-order chi connectivity index (χ1) is 9.75. The fraction of sp³-hybridized carbons (Fsp3) is 0.500. The van der Waals surface area contributed by atoms with Crippen molar-refractivity contribution < 1.29 is 13.9 Å². The zero-order valence-electron chi connectivity index (χ0n) is 11.8. The van der Waals surface area contributed by atoms with Crippen LogP contribution in [0.15, 0.2) is 29.3 Å². The summed E-state index contributed by atoms with van der Waals surface area (Å²) in [5, 5.41) is 0. The highest BCUT2D eigenvalue weighted by atomic mass is 127. The van der Waals surface area contributed by atoms with E-state index >= 15 is 0 Å². The van der Waals surface area contributed by atoms with Crippen molar-refractivity contribution in [2.45, 2.75) is 6.42 Å². The zero-order valence-corrected chi connectivity index (χ0v) is 14.2. The van der Waals surface area contributed by atoms with Gasteiger partial charge in [-0.05, 0) is 24.3 Å². The van der Waals surface area contributed by atoms with Crippen molar-refractivity contribution in [1.82, 2.24) is 4.90 Å². The monoisotopic (exact) mass is 409 g/mol. The van der Waals surface area contributed by atoms with Crippen LogP contribution < -0.4 is 10.5 Å². The summed E-state index contributed by atoms with van der Waals surface area (Å²) in [6, 6.07) is 5.98. The molecule has 118 valence electrons. The first kappa shape index (κ1) is 18.0. The molecule has 5 nitrogen and oxygen atoms in total. The van der Waals surface area contributed by atoms with E-state index in [2.05, 4.69) is 4.99 Å². The molecule has 0 amide bonds. The molecular weight excluding hydrogens is 388 g/mol. The Hall–Kier alpha value is -1.09. The van der Waals surface area contributed by atoms with Crippen LogP contribution in [0.2, 0.25) is 0 Å². The van der Waals surface area contributed by atoms with Crippen LogP contribution in [0.25, 0.3) is 0 Å². The molecule has 7 heteroatoms. The summed E-state index contributed by atoms with van der Waals surface area (Å²) in [7, 11) is 0. The molecule has 1 fully saturated rings. The van der Waals surface area contributed by atoms with Gasteiger partial charge in [0.1, 0.15) is 11.6 Å². The fourth-order valence-electron chi connectivity index (χ4n) is 1.87. The second-order valence-corrected chi connectivity index (χ2v) is 4.50. The van der Waals surface area contributed by atoms with Gasteiger partial charge in [0.2, 0.25) is 0 Å². The van der Waals surface area contributed by atoms with Crippen LogP contribution in [0.4, 0.5) is 4.39 Å². The summed E-state index contributed by atoms with van der Waals surface area (Å²) >= 11 is 0. The molecule has 0 atom stereocenters. The molecule has 1 aromatic rings. The predicted octanol–water partition coefficient (Wildman–Crippen LogP) is 1.86.